The van der Waals surface area contributed by atoms with Crippen LogP contribution >= 0.6 is 0 Å². The Morgan fingerprint density at radius 1 is 0.495 bits per heavy atom. The van der Waals surface area contributed by atoms with Crippen molar-refractivity contribution in [1.82, 2.24) is 0 Å². The predicted octanol–water partition coefficient (Wildman–Crippen LogP) is 7.60. The highest BCUT2D eigenvalue weighted by Crippen LogP contribution is 2.40. The predicted molar refractivity (Wildman–Crippen MR) is 350 cm³/mol. The van der Waals surface area contributed by atoms with Gasteiger partial charge in [-0.1, -0.05) is 167 Å². The molecule has 0 aliphatic carbocycles. The molecule has 0 spiro atoms. The topological polar surface area (TPSA) is 339 Å². The van der Waals surface area contributed by atoms with Crippen LogP contribution in [-0.2, 0) is 85.5 Å². The molecule has 97 heavy (non-hydrogen) atoms. The normalized spacial score (nSPS) is 38.5. The number of carbonyl (C=O) groups excluding carboxylic acids is 4. The van der Waals surface area contributed by atoms with Gasteiger partial charge in [-0.2, -0.15) is 0 Å². The number of benzene rings is 1. The van der Waals surface area contributed by atoms with E-state index in [9.17, 15) is 54.9 Å². The molecule has 0 aromatic heterocycles. The van der Waals surface area contributed by atoms with Gasteiger partial charge in [0.15, 0.2) is 55.9 Å². The molecule has 2 bridgehead atoms. The van der Waals surface area contributed by atoms with Gasteiger partial charge < -0.3 is 102 Å². The summed E-state index contributed by atoms with van der Waals surface area (Å²) in [6.45, 7) is 15.4. The molecule has 6 aliphatic heterocycles. The number of aliphatic hydroxyl groups is 7. The summed E-state index contributed by atoms with van der Waals surface area (Å²) in [7, 11) is 0. The third-order valence-electron chi connectivity index (χ3n) is 19.6. The fourth-order valence-corrected chi connectivity index (χ4v) is 13.3. The van der Waals surface area contributed by atoms with E-state index >= 15 is 0 Å². The minimum Gasteiger partial charge on any atom is -0.456 e. The number of fused-ring (bicyclic) bond motifs is 3. The van der Waals surface area contributed by atoms with Crippen LogP contribution in [0.25, 0.3) is 6.08 Å². The van der Waals surface area contributed by atoms with Gasteiger partial charge in [0.1, 0.15) is 67.1 Å². The van der Waals surface area contributed by atoms with Crippen molar-refractivity contribution in [1.29, 1.82) is 0 Å². The number of ether oxygens (including phenoxy) is 14. The van der Waals surface area contributed by atoms with Gasteiger partial charge in [0.05, 0.1) is 42.5 Å². The zero-order valence-electron chi connectivity index (χ0n) is 58.6. The number of rotatable bonds is 27. The van der Waals surface area contributed by atoms with Crippen molar-refractivity contribution in [2.75, 3.05) is 0 Å². The molecular formula is C72H116O25. The number of esters is 4. The average molecular weight is 1380 g/mol. The van der Waals surface area contributed by atoms with Crippen molar-refractivity contribution in [3.05, 3.63) is 42.0 Å². The molecule has 7 rings (SSSR count). The fourth-order valence-electron chi connectivity index (χ4n) is 13.3. The lowest BCUT2D eigenvalue weighted by molar-refractivity contribution is -0.399. The van der Waals surface area contributed by atoms with Gasteiger partial charge in [-0.3, -0.25) is 14.4 Å². The van der Waals surface area contributed by atoms with E-state index in [1.807, 2.05) is 6.07 Å². The maximum Gasteiger partial charge on any atom is 0.331 e. The van der Waals surface area contributed by atoms with Crippen LogP contribution < -0.4 is 0 Å². The van der Waals surface area contributed by atoms with Crippen molar-refractivity contribution in [3.8, 4) is 0 Å². The van der Waals surface area contributed by atoms with Crippen LogP contribution in [0.15, 0.2) is 36.4 Å². The fraction of sp³-hybridized carbons (Fsp3) is 0.833. The number of carbonyl (C=O) groups is 4. The summed E-state index contributed by atoms with van der Waals surface area (Å²) in [5.74, 6) is -3.62. The number of unbranched alkanes of at least 4 members (excludes halogenated alkanes) is 10. The summed E-state index contributed by atoms with van der Waals surface area (Å²) < 4.78 is 89.9. The van der Waals surface area contributed by atoms with E-state index in [2.05, 4.69) is 13.8 Å². The van der Waals surface area contributed by atoms with E-state index in [4.69, 9.17) is 66.3 Å². The zero-order valence-corrected chi connectivity index (χ0v) is 58.6. The van der Waals surface area contributed by atoms with Gasteiger partial charge >= 0.3 is 23.9 Å². The molecule has 554 valence electrons. The van der Waals surface area contributed by atoms with E-state index in [0.29, 0.717) is 44.1 Å². The molecule has 6 aliphatic rings. The van der Waals surface area contributed by atoms with Crippen LogP contribution in [0.2, 0.25) is 0 Å². The van der Waals surface area contributed by atoms with Gasteiger partial charge in [-0.25, -0.2) is 4.79 Å². The largest absolute Gasteiger partial charge is 0.456 e. The second-order valence-corrected chi connectivity index (χ2v) is 27.5. The smallest absolute Gasteiger partial charge is 0.331 e. The number of hydrogen-bond donors (Lipinski definition) is 7. The highest BCUT2D eigenvalue weighted by atomic mass is 16.8. The van der Waals surface area contributed by atoms with Crippen LogP contribution in [0.5, 0.6) is 0 Å². The molecule has 6 heterocycles. The summed E-state index contributed by atoms with van der Waals surface area (Å²) in [5, 5.41) is 81.9. The van der Waals surface area contributed by atoms with Crippen molar-refractivity contribution in [2.24, 2.45) is 5.92 Å². The third-order valence-corrected chi connectivity index (χ3v) is 19.6. The van der Waals surface area contributed by atoms with Gasteiger partial charge in [-0.05, 0) is 78.4 Å². The second kappa shape index (κ2) is 40.7. The quantitative estimate of drug-likeness (QED) is 0.0193. The van der Waals surface area contributed by atoms with E-state index in [0.717, 1.165) is 109 Å². The van der Waals surface area contributed by atoms with E-state index in [1.54, 1.807) is 52.0 Å². The third kappa shape index (κ3) is 23.3. The standard InChI is InChI=1S/C72H116O25/c1-10-13-15-16-17-18-21-24-32-38-50(74)92-66-65(97-68-56(80)54(78)52(76)42(5)84-68)61(94-69-57(81)62(59(44(7)86-69)93-67(83)41(4)12-3)91-51(75)40-39-47-33-28-26-29-34-47)46(9)88-72(66)95-60-45(8)87-70-58(82)63(60)90-49(73)37-31-25-22-19-20-23-30-36-48(35-27-14-11-2)89-71-64(96-70)55(79)53(77)43(6)85-71/h26,28-29,33-34,39-46,48,52-66,68-72,76-82H,10-25,27,30-32,35-38H2,1-9H3/b40-39+/t41-,42-,43+,44-,45-,46-,48?,52-,53-,54+,55-,56+,57+,58+,59-,60-,61-,62-,63-,64+,65+,66+,68-,69-,70-,71-,72-/m0/s1. The van der Waals surface area contributed by atoms with Crippen molar-refractivity contribution >= 4 is 30.0 Å². The second-order valence-electron chi connectivity index (χ2n) is 27.5. The van der Waals surface area contributed by atoms with E-state index in [-0.39, 0.29) is 18.9 Å². The Kier molecular flexibility index (Phi) is 33.8. The minimum atomic E-state index is -1.95. The average Bonchev–Trinajstić information content (AvgIpc) is 0.773. The highest BCUT2D eigenvalue weighted by Gasteiger charge is 2.59. The molecule has 0 saturated carbocycles. The lowest BCUT2D eigenvalue weighted by Crippen LogP contribution is -2.68. The lowest BCUT2D eigenvalue weighted by atomic mass is 9.95. The molecule has 0 amide bonds. The SMILES string of the molecule is CCCCCCCCCCCC(=O)O[C@H]1[C@H](O[C@@H]2[C@H]3OC(=O)CCCCCCCCCC(CCCCC)O[C@@H]4O[C@H](C)[C@H](O)[C@H](O)[C@H]4O[C@H](O[C@H]2C)[C@@H]3O)O[C@@H](C)[C@H](O[C@@H]2O[C@@H](C)[C@H](OC(=O)[C@@H](C)CC)[C@@H](OC(=O)/C=C/c3ccccc3)[C@H]2O)[C@H]1O[C@@H]1O[C@@H](C)[C@H](O)[C@@H](O)[C@H]1O. The lowest BCUT2D eigenvalue weighted by Gasteiger charge is -2.51. The summed E-state index contributed by atoms with van der Waals surface area (Å²) in [6, 6.07) is 8.90. The summed E-state index contributed by atoms with van der Waals surface area (Å²) >= 11 is 0. The number of hydrogen-bond acceptors (Lipinski definition) is 25. The molecule has 25 nitrogen and oxygen atoms in total. The molecule has 6 saturated heterocycles. The maximum atomic E-state index is 14.6. The monoisotopic (exact) mass is 1380 g/mol. The Balaban J connectivity index is 1.25. The van der Waals surface area contributed by atoms with Gasteiger partial charge in [0.2, 0.25) is 0 Å². The van der Waals surface area contributed by atoms with Gasteiger partial charge in [0.25, 0.3) is 0 Å². The Morgan fingerprint density at radius 2 is 1.05 bits per heavy atom. The molecule has 6 fully saturated rings. The first kappa shape index (κ1) is 80.5. The van der Waals surface area contributed by atoms with Gasteiger partial charge in [0, 0.05) is 18.9 Å². The van der Waals surface area contributed by atoms with Crippen LogP contribution in [0, 0.1) is 5.92 Å². The summed E-state index contributed by atoms with van der Waals surface area (Å²) in [4.78, 5) is 56.0. The van der Waals surface area contributed by atoms with Crippen LogP contribution in [0.3, 0.4) is 0 Å². The van der Waals surface area contributed by atoms with E-state index in [1.165, 1.54) is 26.8 Å². The Bertz CT molecular complexity index is 2490. The van der Waals surface area contributed by atoms with Crippen LogP contribution in [0.4, 0.5) is 0 Å². The summed E-state index contributed by atoms with van der Waals surface area (Å²) in [5.41, 5.74) is 0.665. The Morgan fingerprint density at radius 3 is 1.74 bits per heavy atom. The first-order valence-electron chi connectivity index (χ1n) is 36.4. The first-order chi connectivity index (χ1) is 46.5. The van der Waals surface area contributed by atoms with Crippen LogP contribution in [0.1, 0.15) is 222 Å². The summed E-state index contributed by atoms with van der Waals surface area (Å²) in [6.07, 6.45) is -17.7. The molecule has 0 radical (unpaired) electrons. The van der Waals surface area contributed by atoms with E-state index < -0.39 is 183 Å². The molecule has 7 N–H and O–H groups in total. The molecular weight excluding hydrogens is 1260 g/mol. The molecule has 1 aromatic rings. The zero-order chi connectivity index (χ0) is 70.3. The van der Waals surface area contributed by atoms with Gasteiger partial charge in [-0.15, -0.1) is 0 Å². The van der Waals surface area contributed by atoms with Crippen molar-refractivity contribution in [2.45, 2.75) is 376 Å². The molecule has 1 aromatic carbocycles. The molecule has 1 unspecified atom stereocenters. The Hall–Kier alpha value is -3.84. The first-order valence-corrected chi connectivity index (χ1v) is 36.4. The van der Waals surface area contributed by atoms with Crippen LogP contribution in [-0.4, -0.2) is 219 Å². The number of aliphatic hydroxyl groups excluding tert-OH is 7. The van der Waals surface area contributed by atoms with Crippen molar-refractivity contribution < 1.29 is 121 Å². The molecule has 27 atom stereocenters. The Labute approximate surface area is 573 Å². The van der Waals surface area contributed by atoms with Crippen molar-refractivity contribution in [3.63, 3.8) is 0 Å². The minimum absolute atomic E-state index is 0.0435. The maximum absolute atomic E-state index is 14.6. The molecule has 25 heteroatoms. The highest BCUT2D eigenvalue weighted by molar-refractivity contribution is 5.87.